The van der Waals surface area contributed by atoms with Crippen LogP contribution in [0.3, 0.4) is 0 Å². The van der Waals surface area contributed by atoms with Crippen LogP contribution in [0.4, 0.5) is 0 Å². The Morgan fingerprint density at radius 1 is 1.32 bits per heavy atom. The Bertz CT molecular complexity index is 384. The van der Waals surface area contributed by atoms with E-state index in [1.807, 2.05) is 6.07 Å². The van der Waals surface area contributed by atoms with Crippen LogP contribution in [0.15, 0.2) is 6.07 Å². The fourth-order valence-electron chi connectivity index (χ4n) is 1.48. The number of nitrogens with one attached hydrogen (secondary N) is 3. The zero-order valence-corrected chi connectivity index (χ0v) is 13.0. The van der Waals surface area contributed by atoms with Crippen LogP contribution in [0.2, 0.25) is 0 Å². The summed E-state index contributed by atoms with van der Waals surface area (Å²) in [6, 6.07) is 1.81. The summed E-state index contributed by atoms with van der Waals surface area (Å²) in [5, 5.41) is 13.0. The highest BCUT2D eigenvalue weighted by molar-refractivity contribution is 5.92. The number of carbonyl (C=O) groups excluding carboxylic acids is 1. The molecule has 0 saturated carbocycles. The van der Waals surface area contributed by atoms with Crippen LogP contribution in [0.1, 0.15) is 50.3 Å². The van der Waals surface area contributed by atoms with Crippen molar-refractivity contribution >= 4 is 18.3 Å². The average molecular weight is 289 g/mol. The van der Waals surface area contributed by atoms with Gasteiger partial charge >= 0.3 is 0 Å². The number of aromatic amines is 1. The number of hydrogen-bond donors (Lipinski definition) is 3. The molecule has 0 atom stereocenters. The van der Waals surface area contributed by atoms with Crippen LogP contribution in [0.5, 0.6) is 0 Å². The molecule has 0 unspecified atom stereocenters. The van der Waals surface area contributed by atoms with E-state index in [0.29, 0.717) is 12.2 Å². The van der Waals surface area contributed by atoms with Crippen LogP contribution in [-0.2, 0) is 5.41 Å². The Morgan fingerprint density at radius 2 is 2.00 bits per heavy atom. The molecule has 0 spiro atoms. The number of carbonyl (C=O) groups is 1. The smallest absolute Gasteiger partial charge is 0.271 e. The maximum absolute atomic E-state index is 11.8. The summed E-state index contributed by atoms with van der Waals surface area (Å²) >= 11 is 0. The van der Waals surface area contributed by atoms with Gasteiger partial charge in [-0.25, -0.2) is 0 Å². The normalized spacial score (nSPS) is 10.9. The van der Waals surface area contributed by atoms with Crippen molar-refractivity contribution in [3.8, 4) is 0 Å². The van der Waals surface area contributed by atoms with Crippen molar-refractivity contribution in [3.05, 3.63) is 17.5 Å². The molecule has 19 heavy (non-hydrogen) atoms. The van der Waals surface area contributed by atoms with E-state index in [-0.39, 0.29) is 23.7 Å². The van der Waals surface area contributed by atoms with Gasteiger partial charge in [0.25, 0.3) is 5.91 Å². The van der Waals surface area contributed by atoms with Gasteiger partial charge in [-0.3, -0.25) is 9.89 Å². The summed E-state index contributed by atoms with van der Waals surface area (Å²) in [5.74, 6) is -0.125. The molecule has 0 bridgehead atoms. The van der Waals surface area contributed by atoms with E-state index >= 15 is 0 Å². The van der Waals surface area contributed by atoms with Crippen LogP contribution in [0, 0.1) is 0 Å². The number of H-pyrrole nitrogens is 1. The Labute approximate surface area is 121 Å². The van der Waals surface area contributed by atoms with Crippen molar-refractivity contribution in [2.75, 3.05) is 19.6 Å². The van der Waals surface area contributed by atoms with Crippen molar-refractivity contribution in [1.29, 1.82) is 0 Å². The van der Waals surface area contributed by atoms with E-state index in [9.17, 15) is 4.79 Å². The molecule has 6 heteroatoms. The fourth-order valence-corrected chi connectivity index (χ4v) is 1.48. The summed E-state index contributed by atoms with van der Waals surface area (Å²) in [4.78, 5) is 11.8. The Morgan fingerprint density at radius 3 is 2.53 bits per heavy atom. The van der Waals surface area contributed by atoms with Crippen LogP contribution in [0.25, 0.3) is 0 Å². The standard InChI is InChI=1S/C13H24N4O.ClH/c1-5-6-14-7-8-15-12(18)10-9-11(17-16-10)13(2,3)4;/h9,14H,5-8H2,1-4H3,(H,15,18)(H,16,17);1H. The second-order valence-electron chi connectivity index (χ2n) is 5.42. The molecule has 0 radical (unpaired) electrons. The summed E-state index contributed by atoms with van der Waals surface area (Å²) < 4.78 is 0. The number of nitrogens with zero attached hydrogens (tertiary/aromatic N) is 1. The van der Waals surface area contributed by atoms with E-state index < -0.39 is 0 Å². The van der Waals surface area contributed by atoms with E-state index in [2.05, 4.69) is 48.5 Å². The second-order valence-corrected chi connectivity index (χ2v) is 5.42. The number of amides is 1. The zero-order chi connectivity index (χ0) is 13.6. The molecule has 1 heterocycles. The molecule has 1 aromatic rings. The van der Waals surface area contributed by atoms with E-state index in [0.717, 1.165) is 25.2 Å². The minimum atomic E-state index is -0.125. The molecule has 0 aliphatic carbocycles. The lowest BCUT2D eigenvalue weighted by Gasteiger charge is -2.14. The minimum Gasteiger partial charge on any atom is -0.349 e. The molecule has 5 nitrogen and oxygen atoms in total. The lowest BCUT2D eigenvalue weighted by Crippen LogP contribution is -2.32. The lowest BCUT2D eigenvalue weighted by molar-refractivity contribution is 0.0949. The predicted octanol–water partition coefficient (Wildman–Crippen LogP) is 1.86. The molecule has 0 aromatic carbocycles. The number of hydrogen-bond acceptors (Lipinski definition) is 3. The molecular weight excluding hydrogens is 264 g/mol. The fraction of sp³-hybridized carbons (Fsp3) is 0.692. The molecule has 0 saturated heterocycles. The maximum atomic E-state index is 11.8. The highest BCUT2D eigenvalue weighted by Gasteiger charge is 2.18. The van der Waals surface area contributed by atoms with Gasteiger partial charge in [-0.05, 0) is 19.0 Å². The Balaban J connectivity index is 0.00000324. The van der Waals surface area contributed by atoms with Crippen LogP contribution >= 0.6 is 12.4 Å². The van der Waals surface area contributed by atoms with Crippen LogP contribution in [-0.4, -0.2) is 35.7 Å². The van der Waals surface area contributed by atoms with Gasteiger partial charge in [-0.1, -0.05) is 27.7 Å². The molecule has 1 amide bonds. The lowest BCUT2D eigenvalue weighted by atomic mass is 9.92. The third-order valence-corrected chi connectivity index (χ3v) is 2.63. The summed E-state index contributed by atoms with van der Waals surface area (Å²) in [6.07, 6.45) is 1.10. The summed E-state index contributed by atoms with van der Waals surface area (Å²) in [6.45, 7) is 10.7. The minimum absolute atomic E-state index is 0. The molecule has 0 aliphatic rings. The molecule has 0 fully saturated rings. The summed E-state index contributed by atoms with van der Waals surface area (Å²) in [7, 11) is 0. The van der Waals surface area contributed by atoms with Crippen molar-refractivity contribution in [1.82, 2.24) is 20.8 Å². The van der Waals surface area contributed by atoms with Gasteiger partial charge in [0.15, 0.2) is 0 Å². The zero-order valence-electron chi connectivity index (χ0n) is 12.2. The van der Waals surface area contributed by atoms with Crippen LogP contribution < -0.4 is 10.6 Å². The van der Waals surface area contributed by atoms with Crippen molar-refractivity contribution in [3.63, 3.8) is 0 Å². The number of aromatic nitrogens is 2. The second kappa shape index (κ2) is 8.17. The molecule has 3 N–H and O–H groups in total. The molecule has 0 aliphatic heterocycles. The predicted molar refractivity (Wildman–Crippen MR) is 80.0 cm³/mol. The van der Waals surface area contributed by atoms with E-state index in [4.69, 9.17) is 0 Å². The first kappa shape index (κ1) is 17.9. The third kappa shape index (κ3) is 6.07. The van der Waals surface area contributed by atoms with E-state index in [1.54, 1.807) is 0 Å². The van der Waals surface area contributed by atoms with Crippen molar-refractivity contribution < 1.29 is 4.79 Å². The highest BCUT2D eigenvalue weighted by Crippen LogP contribution is 2.19. The highest BCUT2D eigenvalue weighted by atomic mass is 35.5. The first-order valence-electron chi connectivity index (χ1n) is 6.50. The van der Waals surface area contributed by atoms with Gasteiger partial charge in [0, 0.05) is 24.2 Å². The van der Waals surface area contributed by atoms with Gasteiger partial charge in [-0.15, -0.1) is 12.4 Å². The maximum Gasteiger partial charge on any atom is 0.271 e. The van der Waals surface area contributed by atoms with Gasteiger partial charge < -0.3 is 10.6 Å². The monoisotopic (exact) mass is 288 g/mol. The quantitative estimate of drug-likeness (QED) is 0.700. The average Bonchev–Trinajstić information content (AvgIpc) is 2.77. The largest absolute Gasteiger partial charge is 0.349 e. The number of halogens is 1. The van der Waals surface area contributed by atoms with Gasteiger partial charge in [0.2, 0.25) is 0 Å². The van der Waals surface area contributed by atoms with Gasteiger partial charge in [0.05, 0.1) is 0 Å². The third-order valence-electron chi connectivity index (χ3n) is 2.63. The first-order chi connectivity index (χ1) is 8.45. The van der Waals surface area contributed by atoms with Crippen molar-refractivity contribution in [2.45, 2.75) is 39.5 Å². The summed E-state index contributed by atoms with van der Waals surface area (Å²) in [5.41, 5.74) is 1.40. The SMILES string of the molecule is CCCNCCNC(=O)c1cc(C(C)(C)C)[nH]n1.Cl. The molecule has 1 rings (SSSR count). The van der Waals surface area contributed by atoms with Gasteiger partial charge in [0.1, 0.15) is 5.69 Å². The topological polar surface area (TPSA) is 69.8 Å². The van der Waals surface area contributed by atoms with E-state index in [1.165, 1.54) is 0 Å². The van der Waals surface area contributed by atoms with Gasteiger partial charge in [-0.2, -0.15) is 5.10 Å². The molecule has 110 valence electrons. The van der Waals surface area contributed by atoms with Crippen molar-refractivity contribution in [2.24, 2.45) is 0 Å². The molecule has 1 aromatic heterocycles. The molecular formula is C13H25ClN4O. The number of rotatable bonds is 6. The first-order valence-corrected chi connectivity index (χ1v) is 6.50. The Kier molecular flexibility index (Phi) is 7.71. The Hall–Kier alpha value is -1.07.